The fourth-order valence-corrected chi connectivity index (χ4v) is 3.84. The molecule has 0 aliphatic heterocycles. The van der Waals surface area contributed by atoms with Gasteiger partial charge in [0.15, 0.2) is 0 Å². The summed E-state index contributed by atoms with van der Waals surface area (Å²) in [5, 5.41) is 6.82. The van der Waals surface area contributed by atoms with Crippen LogP contribution in [0.3, 0.4) is 0 Å². The maximum Gasteiger partial charge on any atom is 0.237 e. The minimum Gasteiger partial charge on any atom is -0.352 e. The molecule has 1 aliphatic rings. The van der Waals surface area contributed by atoms with Crippen LogP contribution in [0.1, 0.15) is 56.7 Å². The molecule has 2 aromatic rings. The van der Waals surface area contributed by atoms with Crippen molar-refractivity contribution >= 4 is 5.91 Å². The van der Waals surface area contributed by atoms with E-state index in [-0.39, 0.29) is 18.0 Å². The van der Waals surface area contributed by atoms with Crippen LogP contribution in [0.15, 0.2) is 60.7 Å². The topological polar surface area (TPSA) is 41.1 Å². The van der Waals surface area contributed by atoms with Gasteiger partial charge < -0.3 is 5.32 Å². The molecule has 2 N–H and O–H groups in total. The molecule has 1 saturated carbocycles. The maximum atomic E-state index is 12.8. The van der Waals surface area contributed by atoms with Gasteiger partial charge >= 0.3 is 0 Å². The Morgan fingerprint density at radius 2 is 1.46 bits per heavy atom. The summed E-state index contributed by atoms with van der Waals surface area (Å²) < 4.78 is 0. The van der Waals surface area contributed by atoms with Gasteiger partial charge in [-0.1, -0.05) is 80.4 Å². The third-order valence-corrected chi connectivity index (χ3v) is 5.51. The minimum atomic E-state index is -0.255. The molecule has 3 atom stereocenters. The molecule has 0 radical (unpaired) electrons. The Morgan fingerprint density at radius 1 is 0.923 bits per heavy atom. The highest BCUT2D eigenvalue weighted by Gasteiger charge is 2.26. The Morgan fingerprint density at radius 3 is 2.00 bits per heavy atom. The molecule has 1 fully saturated rings. The van der Waals surface area contributed by atoms with Crippen molar-refractivity contribution in [1.29, 1.82) is 0 Å². The molecule has 3 rings (SSSR count). The van der Waals surface area contributed by atoms with Gasteiger partial charge in [0.25, 0.3) is 0 Å². The largest absolute Gasteiger partial charge is 0.352 e. The molecular weight excluding hydrogens is 320 g/mol. The van der Waals surface area contributed by atoms with E-state index in [0.29, 0.717) is 12.0 Å². The van der Waals surface area contributed by atoms with Crippen molar-refractivity contribution in [3.63, 3.8) is 0 Å². The number of carbonyl (C=O) groups excluding carboxylic acids is 1. The van der Waals surface area contributed by atoms with Crippen LogP contribution >= 0.6 is 0 Å². The summed E-state index contributed by atoms with van der Waals surface area (Å²) >= 11 is 0. The van der Waals surface area contributed by atoms with Crippen LogP contribution in [-0.4, -0.2) is 18.0 Å². The first-order valence-electron chi connectivity index (χ1n) is 9.81. The Bertz CT molecular complexity index is 646. The van der Waals surface area contributed by atoms with E-state index in [1.54, 1.807) is 0 Å². The molecule has 3 nitrogen and oxygen atoms in total. The lowest BCUT2D eigenvalue weighted by Gasteiger charge is -2.31. The average molecular weight is 351 g/mol. The summed E-state index contributed by atoms with van der Waals surface area (Å²) in [7, 11) is 0. The second-order valence-electron chi connectivity index (χ2n) is 7.52. The second-order valence-corrected chi connectivity index (χ2v) is 7.52. The van der Waals surface area contributed by atoms with Crippen LogP contribution in [0.5, 0.6) is 0 Å². The number of hydrogen-bond acceptors (Lipinski definition) is 2. The van der Waals surface area contributed by atoms with E-state index in [0.717, 1.165) is 6.42 Å². The lowest BCUT2D eigenvalue weighted by molar-refractivity contribution is -0.124. The molecule has 0 bridgehead atoms. The number of carbonyl (C=O) groups is 1. The highest BCUT2D eigenvalue weighted by Crippen LogP contribution is 2.25. The molecule has 0 spiro atoms. The van der Waals surface area contributed by atoms with Crippen molar-refractivity contribution < 1.29 is 4.79 Å². The summed E-state index contributed by atoms with van der Waals surface area (Å²) in [6.07, 6.45) is 4.81. The van der Waals surface area contributed by atoms with Gasteiger partial charge in [0.2, 0.25) is 5.91 Å². The lowest BCUT2D eigenvalue weighted by Crippen LogP contribution is -2.49. The fourth-order valence-electron chi connectivity index (χ4n) is 3.84. The number of amides is 1. The molecule has 138 valence electrons. The summed E-state index contributed by atoms with van der Waals surface area (Å²) in [6.45, 7) is 4.21. The van der Waals surface area contributed by atoms with Crippen molar-refractivity contribution in [2.24, 2.45) is 5.92 Å². The van der Waals surface area contributed by atoms with Crippen molar-refractivity contribution in [1.82, 2.24) is 10.6 Å². The molecule has 0 saturated heterocycles. The van der Waals surface area contributed by atoms with Crippen molar-refractivity contribution in [2.75, 3.05) is 0 Å². The molecule has 3 heteroatoms. The van der Waals surface area contributed by atoms with E-state index in [4.69, 9.17) is 0 Å². The smallest absolute Gasteiger partial charge is 0.237 e. The van der Waals surface area contributed by atoms with Gasteiger partial charge in [-0.3, -0.25) is 10.1 Å². The van der Waals surface area contributed by atoms with E-state index in [2.05, 4.69) is 41.8 Å². The van der Waals surface area contributed by atoms with E-state index < -0.39 is 0 Å². The zero-order valence-electron chi connectivity index (χ0n) is 15.8. The van der Waals surface area contributed by atoms with Gasteiger partial charge in [-0.25, -0.2) is 0 Å². The van der Waals surface area contributed by atoms with Crippen LogP contribution in [0.2, 0.25) is 0 Å². The fraction of sp³-hybridized carbons (Fsp3) is 0.435. The summed E-state index contributed by atoms with van der Waals surface area (Å²) in [6, 6.07) is 20.7. The third-order valence-electron chi connectivity index (χ3n) is 5.51. The normalized spacial score (nSPS) is 21.3. The van der Waals surface area contributed by atoms with Gasteiger partial charge in [0, 0.05) is 6.04 Å². The molecule has 0 heterocycles. The van der Waals surface area contributed by atoms with E-state index in [1.807, 2.05) is 43.3 Å². The van der Waals surface area contributed by atoms with Crippen molar-refractivity contribution in [3.8, 4) is 0 Å². The molecule has 2 aromatic carbocycles. The van der Waals surface area contributed by atoms with Crippen LogP contribution in [0, 0.1) is 5.92 Å². The highest BCUT2D eigenvalue weighted by atomic mass is 16.2. The molecule has 0 aromatic heterocycles. The zero-order chi connectivity index (χ0) is 18.4. The van der Waals surface area contributed by atoms with E-state index >= 15 is 0 Å². The Kier molecular flexibility index (Phi) is 6.45. The van der Waals surface area contributed by atoms with Gasteiger partial charge in [-0.2, -0.15) is 0 Å². The van der Waals surface area contributed by atoms with Crippen LogP contribution < -0.4 is 10.6 Å². The van der Waals surface area contributed by atoms with Gasteiger partial charge in [0.1, 0.15) is 0 Å². The number of hydrogen-bond donors (Lipinski definition) is 2. The van der Waals surface area contributed by atoms with Crippen LogP contribution in [0.25, 0.3) is 0 Å². The summed E-state index contributed by atoms with van der Waals surface area (Å²) in [5.41, 5.74) is 2.34. The van der Waals surface area contributed by atoms with Gasteiger partial charge in [-0.15, -0.1) is 0 Å². The molecule has 26 heavy (non-hydrogen) atoms. The Hall–Kier alpha value is -2.13. The average Bonchev–Trinajstić information content (AvgIpc) is 2.69. The molecule has 1 aliphatic carbocycles. The number of rotatable bonds is 6. The first-order valence-corrected chi connectivity index (χ1v) is 9.81. The highest BCUT2D eigenvalue weighted by molar-refractivity contribution is 5.81. The monoisotopic (exact) mass is 350 g/mol. The Balaban J connectivity index is 1.71. The first-order chi connectivity index (χ1) is 12.6. The van der Waals surface area contributed by atoms with Crippen molar-refractivity contribution in [3.05, 3.63) is 71.8 Å². The maximum absolute atomic E-state index is 12.8. The molecule has 1 amide bonds. The molecular formula is C23H30N2O. The predicted molar refractivity (Wildman–Crippen MR) is 107 cm³/mol. The van der Waals surface area contributed by atoms with Crippen molar-refractivity contribution in [2.45, 2.75) is 57.7 Å². The third kappa shape index (κ3) is 4.73. The van der Waals surface area contributed by atoms with Gasteiger partial charge in [-0.05, 0) is 36.8 Å². The first kappa shape index (κ1) is 18.7. The number of benzene rings is 2. The standard InChI is InChI=1S/C23H30N2O/c1-17-11-9-10-16-21(17)25-23(26)18(2)24-22(19-12-5-3-6-13-19)20-14-7-4-8-15-20/h3-8,12-15,17-18,21-22,24H,9-11,16H2,1-2H3,(H,25,26). The zero-order valence-corrected chi connectivity index (χ0v) is 15.8. The second kappa shape index (κ2) is 9.00. The summed E-state index contributed by atoms with van der Waals surface area (Å²) in [4.78, 5) is 12.8. The SMILES string of the molecule is CC(NC(c1ccccc1)c1ccccc1)C(=O)NC1CCCCC1C. The van der Waals surface area contributed by atoms with E-state index in [1.165, 1.54) is 30.4 Å². The van der Waals surface area contributed by atoms with Crippen LogP contribution in [-0.2, 0) is 4.79 Å². The predicted octanol–water partition coefficient (Wildman–Crippen LogP) is 4.45. The quantitative estimate of drug-likeness (QED) is 0.808. The number of nitrogens with one attached hydrogen (secondary N) is 2. The Labute approximate surface area is 157 Å². The lowest BCUT2D eigenvalue weighted by atomic mass is 9.86. The minimum absolute atomic E-state index is 0.00179. The van der Waals surface area contributed by atoms with E-state index in [9.17, 15) is 4.79 Å². The van der Waals surface area contributed by atoms with Gasteiger partial charge in [0.05, 0.1) is 12.1 Å². The molecule has 3 unspecified atom stereocenters. The summed E-state index contributed by atoms with van der Waals surface area (Å²) in [5.74, 6) is 0.666. The van der Waals surface area contributed by atoms with Crippen LogP contribution in [0.4, 0.5) is 0 Å².